The van der Waals surface area contributed by atoms with Gasteiger partial charge in [-0.25, -0.2) is 4.39 Å². The molecule has 2 rings (SSSR count). The van der Waals surface area contributed by atoms with E-state index < -0.39 is 0 Å². The Morgan fingerprint density at radius 1 is 1.43 bits per heavy atom. The van der Waals surface area contributed by atoms with Crippen LogP contribution >= 0.6 is 11.6 Å². The quantitative estimate of drug-likeness (QED) is 0.745. The summed E-state index contributed by atoms with van der Waals surface area (Å²) in [7, 11) is 0. The Kier molecular flexibility index (Phi) is 2.50. The molecular formula is C10H8ClFN2. The Labute approximate surface area is 85.9 Å². The largest absolute Gasteiger partial charge is 0.268 e. The molecule has 0 amide bonds. The van der Waals surface area contributed by atoms with Crippen molar-refractivity contribution in [1.29, 1.82) is 0 Å². The summed E-state index contributed by atoms with van der Waals surface area (Å²) >= 11 is 5.91. The fourth-order valence-corrected chi connectivity index (χ4v) is 1.41. The Morgan fingerprint density at radius 3 is 3.00 bits per heavy atom. The Balaban J connectivity index is 2.28. The second-order valence-electron chi connectivity index (χ2n) is 2.94. The molecule has 4 heteroatoms. The van der Waals surface area contributed by atoms with E-state index in [1.807, 2.05) is 6.07 Å². The standard InChI is InChI=1S/C10H8ClFN2/c11-10-3-2-9(12)6-8(10)7-14-5-1-4-13-14/h1-6H,7H2. The fraction of sp³-hybridized carbons (Fsp3) is 0.100. The third-order valence-corrected chi connectivity index (χ3v) is 2.27. The Morgan fingerprint density at radius 2 is 2.29 bits per heavy atom. The van der Waals surface area contributed by atoms with E-state index >= 15 is 0 Å². The van der Waals surface area contributed by atoms with Gasteiger partial charge in [0.1, 0.15) is 5.82 Å². The van der Waals surface area contributed by atoms with Gasteiger partial charge in [0.25, 0.3) is 0 Å². The molecule has 0 N–H and O–H groups in total. The molecule has 0 aliphatic carbocycles. The molecule has 1 aromatic heterocycles. The van der Waals surface area contributed by atoms with Crippen LogP contribution in [-0.4, -0.2) is 9.78 Å². The smallest absolute Gasteiger partial charge is 0.123 e. The molecule has 0 bridgehead atoms. The molecule has 2 nitrogen and oxygen atoms in total. The molecule has 0 aliphatic heterocycles. The summed E-state index contributed by atoms with van der Waals surface area (Å²) in [5.41, 5.74) is 0.732. The van der Waals surface area contributed by atoms with E-state index in [0.29, 0.717) is 11.6 Å². The van der Waals surface area contributed by atoms with Crippen LogP contribution in [0.5, 0.6) is 0 Å². The van der Waals surface area contributed by atoms with Crippen molar-refractivity contribution < 1.29 is 4.39 Å². The molecular weight excluding hydrogens is 203 g/mol. The number of benzene rings is 1. The minimum atomic E-state index is -0.281. The summed E-state index contributed by atoms with van der Waals surface area (Å²) in [6.45, 7) is 0.490. The second-order valence-corrected chi connectivity index (χ2v) is 3.35. The lowest BCUT2D eigenvalue weighted by Crippen LogP contribution is -2.00. The molecule has 0 spiro atoms. The van der Waals surface area contributed by atoms with Crippen LogP contribution in [-0.2, 0) is 6.54 Å². The van der Waals surface area contributed by atoms with Gasteiger partial charge < -0.3 is 0 Å². The molecule has 14 heavy (non-hydrogen) atoms. The van der Waals surface area contributed by atoms with Gasteiger partial charge in [-0.15, -0.1) is 0 Å². The van der Waals surface area contributed by atoms with E-state index in [1.165, 1.54) is 12.1 Å². The van der Waals surface area contributed by atoms with Crippen molar-refractivity contribution >= 4 is 11.6 Å². The molecule has 0 aliphatic rings. The van der Waals surface area contributed by atoms with E-state index in [4.69, 9.17) is 11.6 Å². The zero-order valence-corrected chi connectivity index (χ0v) is 8.08. The molecule has 0 unspecified atom stereocenters. The number of aromatic nitrogens is 2. The van der Waals surface area contributed by atoms with Crippen LogP contribution in [0.1, 0.15) is 5.56 Å². The van der Waals surface area contributed by atoms with Crippen molar-refractivity contribution in [2.75, 3.05) is 0 Å². The lowest BCUT2D eigenvalue weighted by molar-refractivity contribution is 0.619. The molecule has 0 saturated heterocycles. The maximum atomic E-state index is 12.9. The van der Waals surface area contributed by atoms with E-state index in [9.17, 15) is 4.39 Å². The van der Waals surface area contributed by atoms with Gasteiger partial charge in [0.2, 0.25) is 0 Å². The first-order valence-corrected chi connectivity index (χ1v) is 4.55. The normalized spacial score (nSPS) is 10.4. The predicted octanol–water partition coefficient (Wildman–Crippen LogP) is 2.72. The SMILES string of the molecule is Fc1ccc(Cl)c(Cn2cccn2)c1. The van der Waals surface area contributed by atoms with E-state index in [2.05, 4.69) is 5.10 Å². The molecule has 0 fully saturated rings. The predicted molar refractivity (Wildman–Crippen MR) is 52.7 cm³/mol. The Bertz CT molecular complexity index is 426. The minimum Gasteiger partial charge on any atom is -0.268 e. The van der Waals surface area contributed by atoms with Crippen LogP contribution < -0.4 is 0 Å². The highest BCUT2D eigenvalue weighted by molar-refractivity contribution is 6.31. The number of rotatable bonds is 2. The van der Waals surface area contributed by atoms with Crippen LogP contribution in [0.3, 0.4) is 0 Å². The number of halogens is 2. The zero-order valence-electron chi connectivity index (χ0n) is 7.32. The average Bonchev–Trinajstić information content (AvgIpc) is 2.64. The van der Waals surface area contributed by atoms with Gasteiger partial charge in [-0.1, -0.05) is 11.6 Å². The topological polar surface area (TPSA) is 17.8 Å². The van der Waals surface area contributed by atoms with Gasteiger partial charge >= 0.3 is 0 Å². The highest BCUT2D eigenvalue weighted by Crippen LogP contribution is 2.17. The van der Waals surface area contributed by atoms with Crippen LogP contribution in [0.15, 0.2) is 36.7 Å². The van der Waals surface area contributed by atoms with Gasteiger partial charge in [0.05, 0.1) is 6.54 Å². The second kappa shape index (κ2) is 3.80. The lowest BCUT2D eigenvalue weighted by atomic mass is 10.2. The first-order chi connectivity index (χ1) is 6.75. The number of nitrogens with zero attached hydrogens (tertiary/aromatic N) is 2. The fourth-order valence-electron chi connectivity index (χ4n) is 1.23. The third-order valence-electron chi connectivity index (χ3n) is 1.90. The first-order valence-electron chi connectivity index (χ1n) is 4.17. The zero-order chi connectivity index (χ0) is 9.97. The summed E-state index contributed by atoms with van der Waals surface area (Å²) in [4.78, 5) is 0. The summed E-state index contributed by atoms with van der Waals surface area (Å²) < 4.78 is 14.6. The molecule has 72 valence electrons. The van der Waals surface area contributed by atoms with Crippen molar-refractivity contribution in [2.24, 2.45) is 0 Å². The van der Waals surface area contributed by atoms with Crippen molar-refractivity contribution in [1.82, 2.24) is 9.78 Å². The van der Waals surface area contributed by atoms with Crippen molar-refractivity contribution in [3.05, 3.63) is 53.1 Å². The summed E-state index contributed by atoms with van der Waals surface area (Å²) in [5, 5.41) is 4.58. The summed E-state index contributed by atoms with van der Waals surface area (Å²) in [5.74, 6) is -0.281. The number of hydrogen-bond acceptors (Lipinski definition) is 1. The van der Waals surface area contributed by atoms with Crippen LogP contribution in [0, 0.1) is 5.82 Å². The van der Waals surface area contributed by atoms with Crippen molar-refractivity contribution in [3.8, 4) is 0 Å². The Hall–Kier alpha value is -1.35. The lowest BCUT2D eigenvalue weighted by Gasteiger charge is -2.04. The summed E-state index contributed by atoms with van der Waals surface area (Å²) in [6, 6.07) is 6.13. The molecule has 1 aromatic carbocycles. The van der Waals surface area contributed by atoms with Crippen molar-refractivity contribution in [2.45, 2.75) is 6.54 Å². The highest BCUT2D eigenvalue weighted by atomic mass is 35.5. The summed E-state index contributed by atoms with van der Waals surface area (Å²) in [6.07, 6.45) is 3.48. The van der Waals surface area contributed by atoms with Gasteiger partial charge in [0.15, 0.2) is 0 Å². The minimum absolute atomic E-state index is 0.281. The van der Waals surface area contributed by atoms with E-state index in [-0.39, 0.29) is 5.82 Å². The highest BCUT2D eigenvalue weighted by Gasteiger charge is 2.02. The molecule has 2 aromatic rings. The van der Waals surface area contributed by atoms with Crippen LogP contribution in [0.2, 0.25) is 5.02 Å². The van der Waals surface area contributed by atoms with Gasteiger partial charge in [-0.05, 0) is 29.8 Å². The average molecular weight is 211 g/mol. The van der Waals surface area contributed by atoms with Gasteiger partial charge in [-0.3, -0.25) is 4.68 Å². The first kappa shape index (κ1) is 9.21. The monoisotopic (exact) mass is 210 g/mol. The van der Waals surface area contributed by atoms with Gasteiger partial charge in [-0.2, -0.15) is 5.10 Å². The molecule has 0 saturated carbocycles. The third kappa shape index (κ3) is 1.93. The maximum absolute atomic E-state index is 12.9. The molecule has 0 atom stereocenters. The maximum Gasteiger partial charge on any atom is 0.123 e. The molecule has 0 radical (unpaired) electrons. The van der Waals surface area contributed by atoms with E-state index in [0.717, 1.165) is 5.56 Å². The van der Waals surface area contributed by atoms with Crippen LogP contribution in [0.4, 0.5) is 4.39 Å². The van der Waals surface area contributed by atoms with Crippen LogP contribution in [0.25, 0.3) is 0 Å². The van der Waals surface area contributed by atoms with Gasteiger partial charge in [0, 0.05) is 17.4 Å². The van der Waals surface area contributed by atoms with E-state index in [1.54, 1.807) is 23.1 Å². The van der Waals surface area contributed by atoms with Crippen molar-refractivity contribution in [3.63, 3.8) is 0 Å². The number of hydrogen-bond donors (Lipinski definition) is 0. The molecule has 1 heterocycles.